The van der Waals surface area contributed by atoms with Crippen LogP contribution in [-0.4, -0.2) is 47.7 Å². The number of nitrogens with one attached hydrogen (secondary N) is 1. The van der Waals surface area contributed by atoms with E-state index in [-0.39, 0.29) is 24.5 Å². The van der Waals surface area contributed by atoms with E-state index >= 15 is 0 Å². The van der Waals surface area contributed by atoms with Crippen molar-refractivity contribution >= 4 is 11.8 Å². The van der Waals surface area contributed by atoms with Crippen LogP contribution in [0.2, 0.25) is 0 Å². The monoisotopic (exact) mass is 368 g/mol. The van der Waals surface area contributed by atoms with E-state index < -0.39 is 11.7 Å². The van der Waals surface area contributed by atoms with Gasteiger partial charge in [-0.25, -0.2) is 0 Å². The summed E-state index contributed by atoms with van der Waals surface area (Å²) in [7, 11) is 0. The largest absolute Gasteiger partial charge is 0.366 e. The van der Waals surface area contributed by atoms with Crippen molar-refractivity contribution in [2.45, 2.75) is 50.5 Å². The highest BCUT2D eigenvalue weighted by Crippen LogP contribution is 2.36. The summed E-state index contributed by atoms with van der Waals surface area (Å²) >= 11 is 0. The van der Waals surface area contributed by atoms with Gasteiger partial charge in [-0.1, -0.05) is 30.3 Å². The fourth-order valence-electron chi connectivity index (χ4n) is 3.27. The summed E-state index contributed by atoms with van der Waals surface area (Å²) in [5.74, 6) is 2.18. The molecule has 0 aliphatic carbocycles. The molecule has 27 heavy (non-hydrogen) atoms. The summed E-state index contributed by atoms with van der Waals surface area (Å²) in [6, 6.07) is 8.96. The first-order valence-electron chi connectivity index (χ1n) is 9.15. The Morgan fingerprint density at radius 1 is 1.37 bits per heavy atom. The minimum absolute atomic E-state index is 0.00919. The second-order valence-corrected chi connectivity index (χ2v) is 6.90. The van der Waals surface area contributed by atoms with Gasteiger partial charge in [-0.3, -0.25) is 9.59 Å². The predicted octanol–water partition coefficient (Wildman–Crippen LogP) is 1.88. The van der Waals surface area contributed by atoms with Crippen LogP contribution in [-0.2, 0) is 20.9 Å². The normalized spacial score (nSPS) is 23.0. The average Bonchev–Trinajstić information content (AvgIpc) is 3.44. The molecule has 2 atom stereocenters. The number of hydrogen-bond donors (Lipinski definition) is 1. The Morgan fingerprint density at radius 2 is 2.11 bits per heavy atom. The zero-order valence-electron chi connectivity index (χ0n) is 15.4. The molecule has 0 aromatic heterocycles. The van der Waals surface area contributed by atoms with Gasteiger partial charge < -0.3 is 15.0 Å². The second-order valence-electron chi connectivity index (χ2n) is 6.90. The maximum atomic E-state index is 12.8. The van der Waals surface area contributed by atoms with E-state index in [1.165, 1.54) is 0 Å². The van der Waals surface area contributed by atoms with Gasteiger partial charge in [-0.05, 0) is 12.5 Å². The number of morpholine rings is 1. The quantitative estimate of drug-likeness (QED) is 0.711. The van der Waals surface area contributed by atoms with Crippen molar-refractivity contribution in [3.8, 4) is 12.3 Å². The van der Waals surface area contributed by atoms with Gasteiger partial charge in [0.05, 0.1) is 6.10 Å². The zero-order valence-corrected chi connectivity index (χ0v) is 15.4. The topological polar surface area (TPSA) is 83.4 Å². The third kappa shape index (κ3) is 4.72. The molecule has 0 radical (unpaired) electrons. The van der Waals surface area contributed by atoms with Crippen molar-refractivity contribution < 1.29 is 14.3 Å². The minimum atomic E-state index is -0.666. The van der Waals surface area contributed by atoms with Crippen molar-refractivity contribution in [3.63, 3.8) is 0 Å². The molecule has 2 heterocycles. The molecule has 1 aromatic rings. The van der Waals surface area contributed by atoms with Gasteiger partial charge in [0.2, 0.25) is 11.8 Å². The van der Waals surface area contributed by atoms with E-state index in [1.807, 2.05) is 37.3 Å². The van der Waals surface area contributed by atoms with Gasteiger partial charge in [0.15, 0.2) is 5.66 Å². The first-order chi connectivity index (χ1) is 13.0. The number of nitrogens with zero attached hydrogens (tertiary/aromatic N) is 3. The Kier molecular flexibility index (Phi) is 5.87. The molecule has 1 fully saturated rings. The number of hydrogen-bond acceptors (Lipinski definition) is 5. The number of carbonyl (C=O) groups is 2. The molecule has 1 N–H and O–H groups in total. The van der Waals surface area contributed by atoms with Crippen LogP contribution < -0.4 is 5.32 Å². The molecule has 7 nitrogen and oxygen atoms in total. The van der Waals surface area contributed by atoms with Crippen LogP contribution in [0.1, 0.15) is 31.7 Å². The smallest absolute Gasteiger partial charge is 0.249 e. The summed E-state index contributed by atoms with van der Waals surface area (Å²) in [6.07, 6.45) is 6.82. The third-order valence-electron chi connectivity index (χ3n) is 4.91. The summed E-state index contributed by atoms with van der Waals surface area (Å²) in [5.41, 5.74) is 0.537. The molecule has 0 spiro atoms. The van der Waals surface area contributed by atoms with Gasteiger partial charge in [0, 0.05) is 32.4 Å². The highest BCUT2D eigenvalue weighted by atomic mass is 16.5. The zero-order chi connectivity index (χ0) is 19.3. The van der Waals surface area contributed by atoms with Crippen molar-refractivity contribution in [3.05, 3.63) is 35.9 Å². The van der Waals surface area contributed by atoms with Gasteiger partial charge in [-0.15, -0.1) is 12.3 Å². The number of rotatable bonds is 8. The first-order valence-corrected chi connectivity index (χ1v) is 9.15. The van der Waals surface area contributed by atoms with E-state index in [1.54, 1.807) is 4.90 Å². The van der Waals surface area contributed by atoms with Crippen LogP contribution in [0.3, 0.4) is 0 Å². The van der Waals surface area contributed by atoms with Crippen LogP contribution in [0.15, 0.2) is 40.6 Å². The maximum absolute atomic E-state index is 12.8. The molecule has 0 unspecified atom stereocenters. The van der Waals surface area contributed by atoms with Gasteiger partial charge in [-0.2, -0.15) is 10.2 Å². The number of ether oxygens (including phenoxy) is 1. The molecule has 1 saturated heterocycles. The number of benzene rings is 1. The lowest BCUT2D eigenvalue weighted by Gasteiger charge is -2.38. The van der Waals surface area contributed by atoms with Crippen LogP contribution in [0.25, 0.3) is 0 Å². The van der Waals surface area contributed by atoms with Crippen LogP contribution in [0.5, 0.6) is 0 Å². The van der Waals surface area contributed by atoms with Crippen LogP contribution >= 0.6 is 0 Å². The molecule has 7 heteroatoms. The predicted molar refractivity (Wildman–Crippen MR) is 99.5 cm³/mol. The molecular formula is C20H24N4O3. The number of carbonyl (C=O) groups excluding carboxylic acids is 2. The molecule has 2 aliphatic heterocycles. The Hall–Kier alpha value is -2.72. The van der Waals surface area contributed by atoms with Crippen molar-refractivity contribution in [1.29, 1.82) is 0 Å². The van der Waals surface area contributed by atoms with Crippen LogP contribution in [0, 0.1) is 12.3 Å². The molecular weight excluding hydrogens is 344 g/mol. The van der Waals surface area contributed by atoms with Crippen molar-refractivity contribution in [2.24, 2.45) is 10.2 Å². The summed E-state index contributed by atoms with van der Waals surface area (Å²) in [5, 5.41) is 11.0. The lowest BCUT2D eigenvalue weighted by Crippen LogP contribution is -2.59. The average molecular weight is 368 g/mol. The standard InChI is InChI=1S/C20H24N4O3/c1-3-4-10-20(22-23-20)11-12-21-19(26)18-15(2)27-14-17(25)24(18)13-16-8-6-5-7-9-16/h1,5-9,15,18H,4,10-14H2,2H3,(H,21,26)/t15-,18+/m1/s1. The summed E-state index contributed by atoms with van der Waals surface area (Å²) in [6.45, 7) is 2.61. The first kappa shape index (κ1) is 19.1. The van der Waals surface area contributed by atoms with E-state index in [0.717, 1.165) is 5.56 Å². The van der Waals surface area contributed by atoms with E-state index in [4.69, 9.17) is 11.2 Å². The molecule has 142 valence electrons. The minimum Gasteiger partial charge on any atom is -0.366 e. The van der Waals surface area contributed by atoms with Gasteiger partial charge >= 0.3 is 0 Å². The molecule has 0 saturated carbocycles. The second kappa shape index (κ2) is 8.31. The Bertz CT molecular complexity index is 750. The highest BCUT2D eigenvalue weighted by molar-refractivity contribution is 5.89. The fourth-order valence-corrected chi connectivity index (χ4v) is 3.27. The lowest BCUT2D eigenvalue weighted by atomic mass is 10.0. The Balaban J connectivity index is 1.59. The van der Waals surface area contributed by atoms with E-state index in [0.29, 0.717) is 32.4 Å². The fraction of sp³-hybridized carbons (Fsp3) is 0.500. The van der Waals surface area contributed by atoms with E-state index in [2.05, 4.69) is 21.5 Å². The SMILES string of the molecule is C#CCCC1(CCNC(=O)[C@@H]2[C@@H](C)OCC(=O)N2Cc2ccccc2)N=N1. The highest BCUT2D eigenvalue weighted by Gasteiger charge is 2.41. The maximum Gasteiger partial charge on any atom is 0.249 e. The third-order valence-corrected chi connectivity index (χ3v) is 4.91. The summed E-state index contributed by atoms with van der Waals surface area (Å²) in [4.78, 5) is 26.8. The molecule has 3 rings (SSSR count). The van der Waals surface area contributed by atoms with Gasteiger partial charge in [0.25, 0.3) is 0 Å². The number of amides is 2. The van der Waals surface area contributed by atoms with Crippen LogP contribution in [0.4, 0.5) is 0 Å². The number of terminal acetylenes is 1. The lowest BCUT2D eigenvalue weighted by molar-refractivity contribution is -0.163. The van der Waals surface area contributed by atoms with Gasteiger partial charge in [0.1, 0.15) is 12.6 Å². The summed E-state index contributed by atoms with van der Waals surface area (Å²) < 4.78 is 5.49. The molecule has 1 aromatic carbocycles. The molecule has 2 aliphatic rings. The Morgan fingerprint density at radius 3 is 2.78 bits per heavy atom. The van der Waals surface area contributed by atoms with E-state index in [9.17, 15) is 9.59 Å². The molecule has 2 amide bonds. The van der Waals surface area contributed by atoms with Crippen molar-refractivity contribution in [2.75, 3.05) is 13.2 Å². The molecule has 0 bridgehead atoms. The van der Waals surface area contributed by atoms with Crippen molar-refractivity contribution in [1.82, 2.24) is 10.2 Å². The Labute approximate surface area is 159 Å².